The van der Waals surface area contributed by atoms with E-state index in [2.05, 4.69) is 5.29 Å². The van der Waals surface area contributed by atoms with E-state index in [1.54, 1.807) is 12.1 Å². The average Bonchev–Trinajstić information content (AvgIpc) is 2.04. The second kappa shape index (κ2) is 4.20. The van der Waals surface area contributed by atoms with E-state index < -0.39 is 0 Å². The number of nitroso groups, excluding NO2 is 1. The summed E-state index contributed by atoms with van der Waals surface area (Å²) in [7, 11) is 0. The maximum absolute atomic E-state index is 12.6. The van der Waals surface area contributed by atoms with E-state index in [-0.39, 0.29) is 11.6 Å². The lowest BCUT2D eigenvalue weighted by atomic mass is 10.2. The smallest absolute Gasteiger partial charge is 0.123 e. The molecule has 0 fully saturated rings. The Hall–Kier alpha value is -1.91. The minimum Gasteiger partial charge on any atom is -0.384 e. The zero-order valence-electron chi connectivity index (χ0n) is 6.70. The van der Waals surface area contributed by atoms with Crippen LogP contribution >= 0.6 is 0 Å². The normalized spacial score (nSPS) is 11.0. The van der Waals surface area contributed by atoms with Crippen LogP contribution in [-0.2, 0) is 0 Å². The summed E-state index contributed by atoms with van der Waals surface area (Å²) in [5.74, 6) is -0.291. The molecule has 68 valence electrons. The third kappa shape index (κ3) is 2.90. The summed E-state index contributed by atoms with van der Waals surface area (Å²) in [6.45, 7) is 0. The van der Waals surface area contributed by atoms with Crippen molar-refractivity contribution in [2.24, 2.45) is 11.0 Å². The van der Waals surface area contributed by atoms with Gasteiger partial charge in [0, 0.05) is 0 Å². The first-order chi connectivity index (χ1) is 6.22. The van der Waals surface area contributed by atoms with E-state index in [1.807, 2.05) is 5.43 Å². The Kier molecular flexibility index (Phi) is 2.97. The van der Waals surface area contributed by atoms with E-state index in [0.29, 0.717) is 5.56 Å². The Labute approximate surface area is 74.2 Å². The molecular weight excluding hydrogens is 173 g/mol. The lowest BCUT2D eigenvalue weighted by Crippen LogP contribution is -2.12. The zero-order valence-corrected chi connectivity index (χ0v) is 6.70. The Morgan fingerprint density at radius 3 is 3.00 bits per heavy atom. The predicted octanol–water partition coefficient (Wildman–Crippen LogP) is 1.35. The van der Waals surface area contributed by atoms with Crippen molar-refractivity contribution in [2.75, 3.05) is 0 Å². The van der Waals surface area contributed by atoms with Crippen LogP contribution in [0, 0.1) is 10.7 Å². The van der Waals surface area contributed by atoms with Crippen LogP contribution in [0.25, 0.3) is 6.08 Å². The Morgan fingerprint density at radius 2 is 2.38 bits per heavy atom. The van der Waals surface area contributed by atoms with Crippen LogP contribution in [0.4, 0.5) is 4.39 Å². The molecule has 0 aliphatic heterocycles. The first-order valence-corrected chi connectivity index (χ1v) is 3.53. The number of nitrogens with zero attached hydrogens (tertiary/aromatic N) is 1. The molecule has 0 amide bonds. The quantitative estimate of drug-likeness (QED) is 0.546. The second-order valence-electron chi connectivity index (χ2n) is 2.36. The summed E-state index contributed by atoms with van der Waals surface area (Å²) in [5, 5.41) is 2.37. The molecule has 0 aromatic heterocycles. The Bertz CT molecular complexity index is 338. The molecule has 0 aliphatic carbocycles. The van der Waals surface area contributed by atoms with E-state index in [9.17, 15) is 9.30 Å². The van der Waals surface area contributed by atoms with Gasteiger partial charge in [-0.05, 0) is 23.8 Å². The van der Waals surface area contributed by atoms with Gasteiger partial charge in [0.25, 0.3) is 0 Å². The second-order valence-corrected chi connectivity index (χ2v) is 2.36. The molecule has 0 heterocycles. The number of benzene rings is 1. The summed E-state index contributed by atoms with van der Waals surface area (Å²) in [6, 6.07) is 5.81. The number of hydrogen-bond donors (Lipinski definition) is 2. The molecule has 0 bridgehead atoms. The molecule has 1 aromatic carbocycles. The highest BCUT2D eigenvalue weighted by Gasteiger charge is 1.92. The van der Waals surface area contributed by atoms with Gasteiger partial charge in [-0.25, -0.2) is 9.82 Å². The van der Waals surface area contributed by atoms with Crippen LogP contribution in [0.15, 0.2) is 35.4 Å². The summed E-state index contributed by atoms with van der Waals surface area (Å²) >= 11 is 0. The van der Waals surface area contributed by atoms with Crippen molar-refractivity contribution in [1.29, 1.82) is 0 Å². The van der Waals surface area contributed by atoms with Crippen molar-refractivity contribution >= 4 is 6.08 Å². The molecule has 3 N–H and O–H groups in total. The number of nitrogens with two attached hydrogens (primary N) is 1. The highest BCUT2D eigenvalue weighted by Crippen LogP contribution is 2.05. The summed E-state index contributed by atoms with van der Waals surface area (Å²) in [6.07, 6.45) is 1.41. The standard InChI is InChI=1S/C8H8FN3O/c9-7-3-1-2-6(4-7)5-8(10)11-12-13/h1-5H,10H2,(H,11,13)/b8-5-. The van der Waals surface area contributed by atoms with E-state index in [0.717, 1.165) is 0 Å². The van der Waals surface area contributed by atoms with Crippen LogP contribution in [0.1, 0.15) is 5.56 Å². The van der Waals surface area contributed by atoms with Crippen molar-refractivity contribution in [1.82, 2.24) is 5.43 Å². The van der Waals surface area contributed by atoms with Gasteiger partial charge in [0.15, 0.2) is 0 Å². The third-order valence-corrected chi connectivity index (χ3v) is 1.35. The van der Waals surface area contributed by atoms with Crippen LogP contribution in [0.5, 0.6) is 0 Å². The molecule has 4 nitrogen and oxygen atoms in total. The molecular formula is C8H8FN3O. The molecule has 1 aromatic rings. The van der Waals surface area contributed by atoms with Crippen molar-refractivity contribution in [2.45, 2.75) is 0 Å². The van der Waals surface area contributed by atoms with Crippen LogP contribution < -0.4 is 11.2 Å². The van der Waals surface area contributed by atoms with Gasteiger partial charge in [0.1, 0.15) is 11.6 Å². The minimum absolute atomic E-state index is 0.0700. The van der Waals surface area contributed by atoms with E-state index in [4.69, 9.17) is 5.73 Å². The van der Waals surface area contributed by atoms with Gasteiger partial charge in [0.2, 0.25) is 0 Å². The number of rotatable bonds is 3. The first-order valence-electron chi connectivity index (χ1n) is 3.53. The SMILES string of the molecule is N/C(=C/c1cccc(F)c1)NN=O. The fourth-order valence-electron chi connectivity index (χ4n) is 0.861. The molecule has 0 saturated carbocycles. The Morgan fingerprint density at radius 1 is 1.62 bits per heavy atom. The summed E-state index contributed by atoms with van der Waals surface area (Å²) < 4.78 is 12.6. The van der Waals surface area contributed by atoms with Crippen molar-refractivity contribution in [3.63, 3.8) is 0 Å². The molecule has 0 saturated heterocycles. The topological polar surface area (TPSA) is 67.5 Å². The van der Waals surface area contributed by atoms with Gasteiger partial charge in [-0.2, -0.15) is 0 Å². The lowest BCUT2D eigenvalue weighted by molar-refractivity contribution is 0.627. The number of halogens is 1. The van der Waals surface area contributed by atoms with E-state index >= 15 is 0 Å². The first kappa shape index (κ1) is 9.18. The maximum Gasteiger partial charge on any atom is 0.123 e. The highest BCUT2D eigenvalue weighted by molar-refractivity contribution is 5.51. The van der Waals surface area contributed by atoms with Gasteiger partial charge in [-0.15, -0.1) is 4.91 Å². The molecule has 13 heavy (non-hydrogen) atoms. The number of nitrogens with one attached hydrogen (secondary N) is 1. The Balaban J connectivity index is 2.84. The van der Waals surface area contributed by atoms with E-state index in [1.165, 1.54) is 18.2 Å². The molecule has 0 aliphatic rings. The molecule has 5 heteroatoms. The van der Waals surface area contributed by atoms with Gasteiger partial charge < -0.3 is 5.73 Å². The maximum atomic E-state index is 12.6. The zero-order chi connectivity index (χ0) is 9.68. The summed E-state index contributed by atoms with van der Waals surface area (Å²) in [5.41, 5.74) is 7.86. The summed E-state index contributed by atoms with van der Waals surface area (Å²) in [4.78, 5) is 9.72. The van der Waals surface area contributed by atoms with Crippen molar-refractivity contribution < 1.29 is 4.39 Å². The van der Waals surface area contributed by atoms with Gasteiger partial charge in [-0.1, -0.05) is 12.1 Å². The van der Waals surface area contributed by atoms with Crippen molar-refractivity contribution in [3.8, 4) is 0 Å². The largest absolute Gasteiger partial charge is 0.384 e. The van der Waals surface area contributed by atoms with Crippen LogP contribution in [-0.4, -0.2) is 0 Å². The number of hydrogen-bond acceptors (Lipinski definition) is 3. The third-order valence-electron chi connectivity index (χ3n) is 1.35. The van der Waals surface area contributed by atoms with Gasteiger partial charge in [0.05, 0.1) is 5.29 Å². The molecule has 0 radical (unpaired) electrons. The molecule has 0 unspecified atom stereocenters. The van der Waals surface area contributed by atoms with Crippen LogP contribution in [0.2, 0.25) is 0 Å². The molecule has 0 spiro atoms. The monoisotopic (exact) mass is 181 g/mol. The lowest BCUT2D eigenvalue weighted by Gasteiger charge is -1.97. The fraction of sp³-hybridized carbons (Fsp3) is 0. The predicted molar refractivity (Wildman–Crippen MR) is 47.5 cm³/mol. The molecule has 0 atom stereocenters. The van der Waals surface area contributed by atoms with Crippen molar-refractivity contribution in [3.05, 3.63) is 46.4 Å². The molecule has 1 rings (SSSR count). The van der Waals surface area contributed by atoms with Crippen LogP contribution in [0.3, 0.4) is 0 Å². The fourth-order valence-corrected chi connectivity index (χ4v) is 0.861. The van der Waals surface area contributed by atoms with Gasteiger partial charge >= 0.3 is 0 Å². The minimum atomic E-state index is -0.361. The average molecular weight is 181 g/mol. The highest BCUT2D eigenvalue weighted by atomic mass is 19.1. The van der Waals surface area contributed by atoms with Gasteiger partial charge in [-0.3, -0.25) is 0 Å².